The van der Waals surface area contributed by atoms with Gasteiger partial charge in [0.1, 0.15) is 18.1 Å². The summed E-state index contributed by atoms with van der Waals surface area (Å²) in [5, 5.41) is 6.32. The number of benzene rings is 3. The molecule has 0 spiro atoms. The van der Waals surface area contributed by atoms with Crippen molar-refractivity contribution in [2.45, 2.75) is 26.3 Å². The molecule has 0 aliphatic carbocycles. The lowest BCUT2D eigenvalue weighted by atomic mass is 9.96. The van der Waals surface area contributed by atoms with E-state index in [9.17, 15) is 14.0 Å². The van der Waals surface area contributed by atoms with Gasteiger partial charge in [-0.3, -0.25) is 14.5 Å². The minimum atomic E-state index is -0.501. The normalized spacial score (nSPS) is 17.2. The van der Waals surface area contributed by atoms with E-state index in [0.29, 0.717) is 38.5 Å². The number of nitrogens with zero attached hydrogens (tertiary/aromatic N) is 4. The molecular weight excluding hydrogens is 535 g/mol. The lowest BCUT2D eigenvalue weighted by Crippen LogP contribution is -2.46. The van der Waals surface area contributed by atoms with Crippen molar-refractivity contribution in [3.63, 3.8) is 0 Å². The second kappa shape index (κ2) is 13.3. The molecule has 1 saturated heterocycles. The van der Waals surface area contributed by atoms with Gasteiger partial charge < -0.3 is 14.4 Å². The third-order valence-corrected chi connectivity index (χ3v) is 7.98. The van der Waals surface area contributed by atoms with Crippen LogP contribution in [-0.4, -0.2) is 85.4 Å². The van der Waals surface area contributed by atoms with E-state index >= 15 is 0 Å². The van der Waals surface area contributed by atoms with Crippen LogP contribution in [0.1, 0.15) is 45.1 Å². The molecule has 0 unspecified atom stereocenters. The van der Waals surface area contributed by atoms with Crippen molar-refractivity contribution < 1.29 is 23.5 Å². The number of ether oxygens (including phenoxy) is 2. The monoisotopic (exact) mass is 572 g/mol. The van der Waals surface area contributed by atoms with Crippen molar-refractivity contribution in [3.8, 4) is 5.75 Å². The summed E-state index contributed by atoms with van der Waals surface area (Å²) in [5.74, 6) is -0.561. The van der Waals surface area contributed by atoms with Gasteiger partial charge in [-0.1, -0.05) is 36.4 Å². The molecule has 1 fully saturated rings. The standard InChI is InChI=1S/C33H37FN4O4/c1-23-11-12-25(19-24(23)2)29-21-30(28-9-4-5-10-31(28)41-3)38(35-29)32(39)22-37(14-13-36-15-17-42-18-16-36)33(40)26-7-6-8-27(34)20-26/h4-12,19-20,30H,13-18,21-22H2,1-3H3/t30-/m1/s1. The first-order valence-corrected chi connectivity index (χ1v) is 14.3. The number of carbonyl (C=O) groups is 2. The Morgan fingerprint density at radius 3 is 2.55 bits per heavy atom. The van der Waals surface area contributed by atoms with Crippen LogP contribution in [0.3, 0.4) is 0 Å². The molecule has 3 aromatic carbocycles. The Kier molecular flexibility index (Phi) is 9.29. The second-order valence-electron chi connectivity index (χ2n) is 10.7. The van der Waals surface area contributed by atoms with Crippen LogP contribution in [-0.2, 0) is 9.53 Å². The molecule has 9 heteroatoms. The number of hydrazone groups is 1. The van der Waals surface area contributed by atoms with Gasteiger partial charge in [0.15, 0.2) is 0 Å². The third-order valence-electron chi connectivity index (χ3n) is 7.98. The zero-order chi connectivity index (χ0) is 29.6. The SMILES string of the molecule is COc1ccccc1[C@H]1CC(c2ccc(C)c(C)c2)=NN1C(=O)CN(CCN1CCOCC1)C(=O)c1cccc(F)c1. The summed E-state index contributed by atoms with van der Waals surface area (Å²) in [7, 11) is 1.61. The Hall–Kier alpha value is -4.08. The van der Waals surface area contributed by atoms with Crippen LogP contribution in [0.15, 0.2) is 71.8 Å². The quantitative estimate of drug-likeness (QED) is 0.375. The van der Waals surface area contributed by atoms with Crippen molar-refractivity contribution in [2.24, 2.45) is 5.10 Å². The molecule has 2 heterocycles. The highest BCUT2D eigenvalue weighted by Gasteiger charge is 2.36. The van der Waals surface area contributed by atoms with Crippen LogP contribution >= 0.6 is 0 Å². The van der Waals surface area contributed by atoms with E-state index in [1.165, 1.54) is 33.7 Å². The molecule has 220 valence electrons. The number of hydrogen-bond donors (Lipinski definition) is 0. The molecule has 3 aromatic rings. The first-order valence-electron chi connectivity index (χ1n) is 14.3. The predicted octanol–water partition coefficient (Wildman–Crippen LogP) is 4.60. The van der Waals surface area contributed by atoms with Gasteiger partial charge in [-0.15, -0.1) is 0 Å². The molecular formula is C33H37FN4O4. The topological polar surface area (TPSA) is 74.7 Å². The summed E-state index contributed by atoms with van der Waals surface area (Å²) in [6.07, 6.45) is 0.500. The highest BCUT2D eigenvalue weighted by molar-refractivity contribution is 6.04. The Balaban J connectivity index is 1.45. The molecule has 8 nitrogen and oxygen atoms in total. The summed E-state index contributed by atoms with van der Waals surface area (Å²) in [5.41, 5.74) is 5.10. The fraction of sp³-hybridized carbons (Fsp3) is 0.364. The van der Waals surface area contributed by atoms with Crippen LogP contribution in [0.5, 0.6) is 5.75 Å². The molecule has 2 aliphatic heterocycles. The maximum Gasteiger partial charge on any atom is 0.262 e. The van der Waals surface area contributed by atoms with Gasteiger partial charge in [0.05, 0.1) is 32.1 Å². The minimum absolute atomic E-state index is 0.199. The van der Waals surface area contributed by atoms with E-state index in [2.05, 4.69) is 30.9 Å². The smallest absolute Gasteiger partial charge is 0.262 e. The molecule has 5 rings (SSSR count). The lowest BCUT2D eigenvalue weighted by Gasteiger charge is -2.31. The van der Waals surface area contributed by atoms with Crippen molar-refractivity contribution in [3.05, 3.63) is 100 Å². The molecule has 0 saturated carbocycles. The molecule has 42 heavy (non-hydrogen) atoms. The molecule has 0 N–H and O–H groups in total. The maximum atomic E-state index is 14.1. The number of aryl methyl sites for hydroxylation is 2. The average Bonchev–Trinajstić information content (AvgIpc) is 3.46. The van der Waals surface area contributed by atoms with Gasteiger partial charge in [-0.05, 0) is 60.9 Å². The molecule has 0 radical (unpaired) electrons. The third kappa shape index (κ3) is 6.69. The molecule has 2 aliphatic rings. The van der Waals surface area contributed by atoms with E-state index < -0.39 is 17.8 Å². The summed E-state index contributed by atoms with van der Waals surface area (Å²) < 4.78 is 25.1. The van der Waals surface area contributed by atoms with Gasteiger partial charge >= 0.3 is 0 Å². The highest BCUT2D eigenvalue weighted by Crippen LogP contribution is 2.37. The number of hydrogen-bond acceptors (Lipinski definition) is 6. The molecule has 0 bridgehead atoms. The van der Waals surface area contributed by atoms with Gasteiger partial charge in [-0.2, -0.15) is 5.10 Å². The number of amides is 2. The van der Waals surface area contributed by atoms with E-state index in [1.807, 2.05) is 30.3 Å². The Morgan fingerprint density at radius 2 is 1.81 bits per heavy atom. The number of halogens is 1. The van der Waals surface area contributed by atoms with Crippen molar-refractivity contribution in [1.82, 2.24) is 14.8 Å². The largest absolute Gasteiger partial charge is 0.496 e. The van der Waals surface area contributed by atoms with E-state index in [4.69, 9.17) is 14.6 Å². The minimum Gasteiger partial charge on any atom is -0.496 e. The fourth-order valence-corrected chi connectivity index (χ4v) is 5.40. The van der Waals surface area contributed by atoms with Gasteiger partial charge in [-0.25, -0.2) is 9.40 Å². The summed E-state index contributed by atoms with van der Waals surface area (Å²) in [4.78, 5) is 31.4. The zero-order valence-electron chi connectivity index (χ0n) is 24.4. The number of para-hydroxylation sites is 1. The highest BCUT2D eigenvalue weighted by atomic mass is 19.1. The average molecular weight is 573 g/mol. The number of morpholine rings is 1. The first-order chi connectivity index (χ1) is 20.3. The van der Waals surface area contributed by atoms with Crippen LogP contribution < -0.4 is 4.74 Å². The van der Waals surface area contributed by atoms with Gasteiger partial charge in [0, 0.05) is 43.7 Å². The van der Waals surface area contributed by atoms with E-state index in [-0.39, 0.29) is 18.0 Å². The number of methoxy groups -OCH3 is 1. The summed E-state index contributed by atoms with van der Waals surface area (Å²) >= 11 is 0. The molecule has 2 amide bonds. The van der Waals surface area contributed by atoms with Crippen molar-refractivity contribution in [2.75, 3.05) is 53.0 Å². The first kappa shape index (κ1) is 29.4. The Bertz CT molecular complexity index is 1470. The van der Waals surface area contributed by atoms with Gasteiger partial charge in [0.25, 0.3) is 11.8 Å². The van der Waals surface area contributed by atoms with E-state index in [0.717, 1.165) is 35.5 Å². The summed E-state index contributed by atoms with van der Waals surface area (Å²) in [6, 6.07) is 18.9. The predicted molar refractivity (Wildman–Crippen MR) is 159 cm³/mol. The van der Waals surface area contributed by atoms with Crippen molar-refractivity contribution >= 4 is 17.5 Å². The molecule has 0 aromatic heterocycles. The Labute approximate surface area is 246 Å². The zero-order valence-corrected chi connectivity index (χ0v) is 24.4. The van der Waals surface area contributed by atoms with Crippen LogP contribution in [0.4, 0.5) is 4.39 Å². The fourth-order valence-electron chi connectivity index (χ4n) is 5.40. The molecule has 1 atom stereocenters. The van der Waals surface area contributed by atoms with E-state index in [1.54, 1.807) is 13.2 Å². The van der Waals surface area contributed by atoms with Crippen molar-refractivity contribution in [1.29, 1.82) is 0 Å². The lowest BCUT2D eigenvalue weighted by molar-refractivity contribution is -0.133. The van der Waals surface area contributed by atoms with Crippen LogP contribution in [0.25, 0.3) is 0 Å². The van der Waals surface area contributed by atoms with Crippen LogP contribution in [0.2, 0.25) is 0 Å². The second-order valence-corrected chi connectivity index (χ2v) is 10.7. The van der Waals surface area contributed by atoms with Crippen LogP contribution in [0, 0.1) is 19.7 Å². The number of rotatable bonds is 9. The summed E-state index contributed by atoms with van der Waals surface area (Å²) in [6.45, 7) is 7.55. The Morgan fingerprint density at radius 1 is 1.02 bits per heavy atom. The number of carbonyl (C=O) groups excluding carboxylic acids is 2. The maximum absolute atomic E-state index is 14.1. The van der Waals surface area contributed by atoms with Gasteiger partial charge in [0.2, 0.25) is 0 Å².